The number of aromatic amines is 1. The van der Waals surface area contributed by atoms with E-state index in [-0.39, 0.29) is 17.5 Å². The van der Waals surface area contributed by atoms with E-state index in [9.17, 15) is 9.36 Å². The second-order valence-electron chi connectivity index (χ2n) is 7.24. The van der Waals surface area contributed by atoms with Crippen LogP contribution in [0.1, 0.15) is 22.7 Å². The molecule has 2 aromatic carbocycles. The molecule has 3 aromatic rings. The van der Waals surface area contributed by atoms with Crippen LogP contribution in [0.5, 0.6) is 5.75 Å². The van der Waals surface area contributed by atoms with Gasteiger partial charge in [-0.1, -0.05) is 36.4 Å². The number of aromatic nitrogens is 1. The summed E-state index contributed by atoms with van der Waals surface area (Å²) in [5.74, 6) is -0.241. The van der Waals surface area contributed by atoms with Gasteiger partial charge in [-0.3, -0.25) is 4.57 Å². The number of rotatable bonds is 6. The molecule has 1 atom stereocenters. The first-order valence-electron chi connectivity index (χ1n) is 9.78. The number of benzene rings is 2. The van der Waals surface area contributed by atoms with Crippen molar-refractivity contribution in [3.63, 3.8) is 0 Å². The predicted molar refractivity (Wildman–Crippen MR) is 117 cm³/mol. The summed E-state index contributed by atoms with van der Waals surface area (Å²) >= 11 is 0. The van der Waals surface area contributed by atoms with Gasteiger partial charge in [0.25, 0.3) is 0 Å². The lowest BCUT2D eigenvalue weighted by Gasteiger charge is -2.31. The Bertz CT molecular complexity index is 1220. The molecule has 0 fully saturated rings. The molecule has 8 heteroatoms. The number of aryl methyl sites for hydroxylation is 1. The summed E-state index contributed by atoms with van der Waals surface area (Å²) in [5, 5.41) is 0.990. The Labute approximate surface area is 180 Å². The van der Waals surface area contributed by atoms with Crippen LogP contribution in [0, 0.1) is 6.92 Å². The third-order valence-corrected chi connectivity index (χ3v) is 7.37. The van der Waals surface area contributed by atoms with Gasteiger partial charge in [0.05, 0.1) is 18.6 Å². The molecular weight excluding hydrogens is 417 g/mol. The van der Waals surface area contributed by atoms with E-state index in [0.29, 0.717) is 5.75 Å². The lowest BCUT2D eigenvalue weighted by molar-refractivity contribution is -0.136. The summed E-state index contributed by atoms with van der Waals surface area (Å²) in [6.07, 6.45) is -0.198. The van der Waals surface area contributed by atoms with Crippen molar-refractivity contribution in [1.82, 2.24) is 4.98 Å². The van der Waals surface area contributed by atoms with E-state index in [1.165, 1.54) is 21.3 Å². The lowest BCUT2D eigenvalue weighted by Crippen LogP contribution is -2.25. The Kier molecular flexibility index (Phi) is 5.75. The van der Waals surface area contributed by atoms with Crippen molar-refractivity contribution in [2.24, 2.45) is 0 Å². The second kappa shape index (κ2) is 8.35. The minimum atomic E-state index is -3.51. The van der Waals surface area contributed by atoms with Gasteiger partial charge in [0, 0.05) is 36.4 Å². The van der Waals surface area contributed by atoms with Gasteiger partial charge < -0.3 is 23.5 Å². The molecule has 0 saturated heterocycles. The summed E-state index contributed by atoms with van der Waals surface area (Å²) in [5.41, 5.74) is 3.93. The molecule has 0 amide bonds. The standard InChI is InChI=1S/C23H24NO6P/c1-14-20(15-9-5-7-11-17(15)24-14)21-16-10-6-8-12-18(16)30-19(22(21)23(25)27-2)13-31(26,28-3)29-4/h5-12,21,24H,13H2,1-4H3. The fraction of sp³-hybridized carbons (Fsp3) is 0.261. The highest BCUT2D eigenvalue weighted by atomic mass is 31.2. The van der Waals surface area contributed by atoms with Gasteiger partial charge in [-0.05, 0) is 24.6 Å². The van der Waals surface area contributed by atoms with E-state index in [1.807, 2.05) is 55.5 Å². The van der Waals surface area contributed by atoms with Crippen LogP contribution in [0.25, 0.3) is 10.9 Å². The summed E-state index contributed by atoms with van der Waals surface area (Å²) in [4.78, 5) is 16.5. The van der Waals surface area contributed by atoms with Gasteiger partial charge >= 0.3 is 13.6 Å². The first kappa shape index (κ1) is 21.4. The first-order chi connectivity index (χ1) is 14.9. The van der Waals surface area contributed by atoms with E-state index >= 15 is 0 Å². The van der Waals surface area contributed by atoms with Gasteiger partial charge in [-0.15, -0.1) is 0 Å². The van der Waals surface area contributed by atoms with Crippen molar-refractivity contribution >= 4 is 24.5 Å². The quantitative estimate of drug-likeness (QED) is 0.432. The third kappa shape index (κ3) is 3.69. The maximum absolute atomic E-state index is 13.1. The molecule has 1 aliphatic heterocycles. The number of methoxy groups -OCH3 is 1. The van der Waals surface area contributed by atoms with Gasteiger partial charge in [-0.25, -0.2) is 4.79 Å². The van der Waals surface area contributed by atoms with Crippen molar-refractivity contribution < 1.29 is 27.9 Å². The molecule has 0 radical (unpaired) electrons. The molecule has 0 spiro atoms. The minimum Gasteiger partial charge on any atom is -0.466 e. The van der Waals surface area contributed by atoms with Gasteiger partial charge in [0.2, 0.25) is 0 Å². The average molecular weight is 441 g/mol. The highest BCUT2D eigenvalue weighted by Crippen LogP contribution is 2.53. The van der Waals surface area contributed by atoms with Crippen LogP contribution in [-0.2, 0) is 23.1 Å². The topological polar surface area (TPSA) is 86.9 Å². The molecule has 1 aliphatic rings. The molecule has 4 rings (SSSR count). The third-order valence-electron chi connectivity index (χ3n) is 5.58. The van der Waals surface area contributed by atoms with Crippen molar-refractivity contribution in [1.29, 1.82) is 0 Å². The highest BCUT2D eigenvalue weighted by molar-refractivity contribution is 7.54. The molecule has 2 heterocycles. The van der Waals surface area contributed by atoms with E-state index < -0.39 is 19.5 Å². The monoisotopic (exact) mass is 441 g/mol. The summed E-state index contributed by atoms with van der Waals surface area (Å²) < 4.78 is 34.4. The summed E-state index contributed by atoms with van der Waals surface area (Å²) in [7, 11) is 0.420. The largest absolute Gasteiger partial charge is 0.466 e. The summed E-state index contributed by atoms with van der Waals surface area (Å²) in [6, 6.07) is 15.4. The molecule has 1 aromatic heterocycles. The van der Waals surface area contributed by atoms with Gasteiger partial charge in [-0.2, -0.15) is 0 Å². The number of esters is 1. The highest BCUT2D eigenvalue weighted by Gasteiger charge is 2.40. The molecule has 0 saturated carbocycles. The van der Waals surface area contributed by atoms with Gasteiger partial charge in [0.1, 0.15) is 17.7 Å². The van der Waals surface area contributed by atoms with Crippen LogP contribution >= 0.6 is 7.60 Å². The van der Waals surface area contributed by atoms with Crippen molar-refractivity contribution in [2.45, 2.75) is 12.8 Å². The zero-order chi connectivity index (χ0) is 22.2. The lowest BCUT2D eigenvalue weighted by atomic mass is 9.81. The fourth-order valence-electron chi connectivity index (χ4n) is 4.12. The fourth-order valence-corrected chi connectivity index (χ4v) is 5.12. The van der Waals surface area contributed by atoms with Crippen LogP contribution in [-0.4, -0.2) is 38.4 Å². The number of para-hydroxylation sites is 2. The molecule has 0 bridgehead atoms. The summed E-state index contributed by atoms with van der Waals surface area (Å²) in [6.45, 7) is 1.97. The van der Waals surface area contributed by atoms with Crippen LogP contribution in [0.3, 0.4) is 0 Å². The zero-order valence-electron chi connectivity index (χ0n) is 17.8. The average Bonchev–Trinajstić information content (AvgIpc) is 3.12. The van der Waals surface area contributed by atoms with E-state index in [4.69, 9.17) is 18.5 Å². The molecular formula is C23H24NO6P. The second-order valence-corrected chi connectivity index (χ2v) is 9.51. The van der Waals surface area contributed by atoms with Crippen molar-refractivity contribution in [3.05, 3.63) is 76.7 Å². The number of ether oxygens (including phenoxy) is 2. The number of carbonyl (C=O) groups is 1. The molecule has 1 N–H and O–H groups in total. The Morgan fingerprint density at radius 2 is 1.74 bits per heavy atom. The maximum Gasteiger partial charge on any atom is 0.338 e. The Balaban J connectivity index is 2.02. The zero-order valence-corrected chi connectivity index (χ0v) is 18.7. The van der Waals surface area contributed by atoms with Crippen LogP contribution < -0.4 is 4.74 Å². The number of hydrogen-bond acceptors (Lipinski definition) is 6. The normalized spacial score (nSPS) is 16.2. The molecule has 0 aliphatic carbocycles. The SMILES string of the molecule is COC(=O)C1=C(CP(=O)(OC)OC)Oc2ccccc2C1c1c(C)[nH]c2ccccc12. The van der Waals surface area contributed by atoms with E-state index in [1.54, 1.807) is 0 Å². The van der Waals surface area contributed by atoms with Crippen LogP contribution in [0.2, 0.25) is 0 Å². The van der Waals surface area contributed by atoms with Crippen LogP contribution in [0.4, 0.5) is 0 Å². The number of hydrogen-bond donors (Lipinski definition) is 1. The molecule has 7 nitrogen and oxygen atoms in total. The van der Waals surface area contributed by atoms with Gasteiger partial charge in [0.15, 0.2) is 0 Å². The minimum absolute atomic E-state index is 0.198. The smallest absolute Gasteiger partial charge is 0.338 e. The molecule has 162 valence electrons. The molecule has 31 heavy (non-hydrogen) atoms. The van der Waals surface area contributed by atoms with Crippen molar-refractivity contribution in [2.75, 3.05) is 27.5 Å². The number of carbonyl (C=O) groups excluding carboxylic acids is 1. The van der Waals surface area contributed by atoms with E-state index in [2.05, 4.69) is 4.98 Å². The maximum atomic E-state index is 13.1. The van der Waals surface area contributed by atoms with Crippen molar-refractivity contribution in [3.8, 4) is 5.75 Å². The number of nitrogens with one attached hydrogen (secondary N) is 1. The Morgan fingerprint density at radius 1 is 1.06 bits per heavy atom. The Hall–Kier alpha value is -2.86. The molecule has 1 unspecified atom stereocenters. The number of H-pyrrole nitrogens is 1. The van der Waals surface area contributed by atoms with Crippen LogP contribution in [0.15, 0.2) is 59.9 Å². The first-order valence-corrected chi connectivity index (χ1v) is 11.5. The predicted octanol–water partition coefficient (Wildman–Crippen LogP) is 4.91. The number of fused-ring (bicyclic) bond motifs is 2. The van der Waals surface area contributed by atoms with E-state index in [0.717, 1.165) is 27.7 Å². The number of allylic oxidation sites excluding steroid dienone is 1. The Morgan fingerprint density at radius 3 is 2.45 bits per heavy atom.